The SMILES string of the molecule is CC1(C)O[C@@H]2[C@H](O1)[C@@H](C1=Cc3ccccc3C1)O[C@@H]2[C@H]1COC(C)(C)O1. The molecule has 4 aliphatic rings. The normalized spacial score (nSPS) is 39.7. The zero-order valence-corrected chi connectivity index (χ0v) is 15.7. The minimum absolute atomic E-state index is 0.119. The molecule has 0 bridgehead atoms. The molecule has 0 radical (unpaired) electrons. The molecule has 3 saturated heterocycles. The zero-order valence-electron chi connectivity index (χ0n) is 15.7. The fourth-order valence-electron chi connectivity index (χ4n) is 4.59. The van der Waals surface area contributed by atoms with Gasteiger partial charge in [0.25, 0.3) is 0 Å². The Balaban J connectivity index is 1.43. The van der Waals surface area contributed by atoms with Gasteiger partial charge in [0.2, 0.25) is 0 Å². The van der Waals surface area contributed by atoms with Gasteiger partial charge in [0.05, 0.1) is 6.61 Å². The molecule has 1 aliphatic carbocycles. The average Bonchev–Trinajstić information content (AvgIpc) is 3.27. The summed E-state index contributed by atoms with van der Waals surface area (Å²) in [4.78, 5) is 0. The summed E-state index contributed by atoms with van der Waals surface area (Å²) < 4.78 is 30.8. The van der Waals surface area contributed by atoms with Crippen LogP contribution in [0, 0.1) is 0 Å². The van der Waals surface area contributed by atoms with Crippen molar-refractivity contribution in [2.45, 2.75) is 76.2 Å². The molecule has 0 unspecified atom stereocenters. The van der Waals surface area contributed by atoms with Crippen LogP contribution >= 0.6 is 0 Å². The molecule has 1 aromatic rings. The number of ether oxygens (including phenoxy) is 5. The van der Waals surface area contributed by atoms with Crippen LogP contribution in [0.25, 0.3) is 6.08 Å². The maximum absolute atomic E-state index is 6.49. The van der Waals surface area contributed by atoms with E-state index in [9.17, 15) is 0 Å². The summed E-state index contributed by atoms with van der Waals surface area (Å²) in [7, 11) is 0. The van der Waals surface area contributed by atoms with Crippen molar-refractivity contribution in [1.29, 1.82) is 0 Å². The molecule has 0 amide bonds. The van der Waals surface area contributed by atoms with Crippen LogP contribution in [0.4, 0.5) is 0 Å². The van der Waals surface area contributed by atoms with E-state index in [4.69, 9.17) is 23.7 Å². The Morgan fingerprint density at radius 1 is 0.885 bits per heavy atom. The van der Waals surface area contributed by atoms with Crippen LogP contribution in [0.15, 0.2) is 29.8 Å². The van der Waals surface area contributed by atoms with Crippen LogP contribution in [-0.4, -0.2) is 48.7 Å². The maximum Gasteiger partial charge on any atom is 0.164 e. The minimum Gasteiger partial charge on any atom is -0.362 e. The zero-order chi connectivity index (χ0) is 18.1. The third-order valence-electron chi connectivity index (χ3n) is 5.64. The molecule has 0 aromatic heterocycles. The number of hydrogen-bond acceptors (Lipinski definition) is 5. The molecule has 5 atom stereocenters. The monoisotopic (exact) mass is 358 g/mol. The first-order valence-electron chi connectivity index (χ1n) is 9.43. The largest absolute Gasteiger partial charge is 0.362 e. The molecule has 140 valence electrons. The topological polar surface area (TPSA) is 46.2 Å². The van der Waals surface area contributed by atoms with Gasteiger partial charge < -0.3 is 23.7 Å². The van der Waals surface area contributed by atoms with Crippen molar-refractivity contribution in [3.8, 4) is 0 Å². The van der Waals surface area contributed by atoms with Gasteiger partial charge in [-0.2, -0.15) is 0 Å². The standard InChI is InChI=1S/C21H26O5/c1-20(2)22-11-15(24-20)17-19-18(25-21(3,4)26-19)16(23-17)14-9-12-7-5-6-8-13(12)10-14/h5-9,15-19H,10-11H2,1-4H3/t15-,16-,17-,18-,19+/m1/s1. The van der Waals surface area contributed by atoms with Gasteiger partial charge in [0, 0.05) is 0 Å². The molecule has 1 aromatic carbocycles. The van der Waals surface area contributed by atoms with Crippen molar-refractivity contribution in [3.05, 3.63) is 41.0 Å². The van der Waals surface area contributed by atoms with Crippen molar-refractivity contribution in [2.75, 3.05) is 6.61 Å². The first kappa shape index (κ1) is 16.9. The van der Waals surface area contributed by atoms with Gasteiger partial charge in [-0.3, -0.25) is 0 Å². The fraction of sp³-hybridized carbons (Fsp3) is 0.619. The summed E-state index contributed by atoms with van der Waals surface area (Å²) in [5, 5.41) is 0. The number of fused-ring (bicyclic) bond motifs is 2. The predicted molar refractivity (Wildman–Crippen MR) is 95.5 cm³/mol. The maximum atomic E-state index is 6.49. The summed E-state index contributed by atoms with van der Waals surface area (Å²) in [6.07, 6.45) is 2.40. The highest BCUT2D eigenvalue weighted by Gasteiger charge is 2.59. The molecule has 5 nitrogen and oxygen atoms in total. The molecule has 3 fully saturated rings. The second kappa shape index (κ2) is 5.63. The van der Waals surface area contributed by atoms with Gasteiger partial charge >= 0.3 is 0 Å². The summed E-state index contributed by atoms with van der Waals surface area (Å²) in [6, 6.07) is 8.48. The van der Waals surface area contributed by atoms with E-state index in [-0.39, 0.29) is 30.5 Å². The number of benzene rings is 1. The third kappa shape index (κ3) is 2.74. The summed E-state index contributed by atoms with van der Waals surface area (Å²) >= 11 is 0. The predicted octanol–water partition coefficient (Wildman–Crippen LogP) is 3.07. The van der Waals surface area contributed by atoms with Gasteiger partial charge in [-0.05, 0) is 50.8 Å². The third-order valence-corrected chi connectivity index (χ3v) is 5.64. The van der Waals surface area contributed by atoms with Crippen LogP contribution in [0.2, 0.25) is 0 Å². The number of rotatable bonds is 2. The Labute approximate surface area is 154 Å². The Hall–Kier alpha value is -1.24. The van der Waals surface area contributed by atoms with E-state index in [2.05, 4.69) is 30.3 Å². The van der Waals surface area contributed by atoms with Gasteiger partial charge in [-0.15, -0.1) is 0 Å². The van der Waals surface area contributed by atoms with Crippen LogP contribution in [-0.2, 0) is 30.1 Å². The van der Waals surface area contributed by atoms with Crippen molar-refractivity contribution < 1.29 is 23.7 Å². The van der Waals surface area contributed by atoms with Crippen LogP contribution in [0.1, 0.15) is 38.8 Å². The van der Waals surface area contributed by atoms with Gasteiger partial charge in [-0.1, -0.05) is 30.3 Å². The highest BCUT2D eigenvalue weighted by molar-refractivity contribution is 5.64. The van der Waals surface area contributed by atoms with E-state index in [1.807, 2.05) is 27.7 Å². The van der Waals surface area contributed by atoms with Gasteiger partial charge in [-0.25, -0.2) is 0 Å². The first-order valence-corrected chi connectivity index (χ1v) is 9.43. The van der Waals surface area contributed by atoms with Crippen molar-refractivity contribution in [1.82, 2.24) is 0 Å². The molecular formula is C21H26O5. The van der Waals surface area contributed by atoms with E-state index in [1.54, 1.807) is 0 Å². The Bertz CT molecular complexity index is 753. The van der Waals surface area contributed by atoms with E-state index in [0.717, 1.165) is 6.42 Å². The summed E-state index contributed by atoms with van der Waals surface area (Å²) in [5.74, 6) is -1.20. The quantitative estimate of drug-likeness (QED) is 0.813. The van der Waals surface area contributed by atoms with E-state index in [0.29, 0.717) is 6.61 Å². The molecule has 0 N–H and O–H groups in total. The van der Waals surface area contributed by atoms with E-state index >= 15 is 0 Å². The lowest BCUT2D eigenvalue weighted by atomic mass is 9.99. The molecule has 5 rings (SSSR count). The fourth-order valence-corrected chi connectivity index (χ4v) is 4.59. The smallest absolute Gasteiger partial charge is 0.164 e. The van der Waals surface area contributed by atoms with Crippen LogP contribution in [0.3, 0.4) is 0 Å². The van der Waals surface area contributed by atoms with Crippen LogP contribution in [0.5, 0.6) is 0 Å². The van der Waals surface area contributed by atoms with Crippen LogP contribution < -0.4 is 0 Å². The molecule has 3 aliphatic heterocycles. The van der Waals surface area contributed by atoms with E-state index in [1.165, 1.54) is 16.7 Å². The van der Waals surface area contributed by atoms with E-state index < -0.39 is 11.6 Å². The average molecular weight is 358 g/mol. The second-order valence-electron chi connectivity index (χ2n) is 8.55. The van der Waals surface area contributed by atoms with Crippen molar-refractivity contribution >= 4 is 6.08 Å². The lowest BCUT2D eigenvalue weighted by Gasteiger charge is -2.27. The first-order chi connectivity index (χ1) is 12.3. The Kier molecular flexibility index (Phi) is 3.66. The van der Waals surface area contributed by atoms with Crippen molar-refractivity contribution in [3.63, 3.8) is 0 Å². The molecule has 5 heteroatoms. The molecule has 26 heavy (non-hydrogen) atoms. The van der Waals surface area contributed by atoms with Gasteiger partial charge in [0.15, 0.2) is 11.6 Å². The van der Waals surface area contributed by atoms with Crippen molar-refractivity contribution in [2.24, 2.45) is 0 Å². The highest BCUT2D eigenvalue weighted by Crippen LogP contribution is 2.45. The lowest BCUT2D eigenvalue weighted by Crippen LogP contribution is -2.40. The second-order valence-corrected chi connectivity index (χ2v) is 8.55. The summed E-state index contributed by atoms with van der Waals surface area (Å²) in [6.45, 7) is 8.31. The summed E-state index contributed by atoms with van der Waals surface area (Å²) in [5.41, 5.74) is 3.86. The lowest BCUT2D eigenvalue weighted by molar-refractivity contribution is -0.202. The molecule has 3 heterocycles. The molecule has 0 spiro atoms. The Morgan fingerprint density at radius 3 is 2.38 bits per heavy atom. The molecule has 0 saturated carbocycles. The highest BCUT2D eigenvalue weighted by atomic mass is 16.8. The number of hydrogen-bond donors (Lipinski definition) is 0. The Morgan fingerprint density at radius 2 is 1.65 bits per heavy atom. The molecular weight excluding hydrogens is 332 g/mol. The minimum atomic E-state index is -0.614. The van der Waals surface area contributed by atoms with Gasteiger partial charge in [0.1, 0.15) is 30.5 Å².